The van der Waals surface area contributed by atoms with Crippen molar-refractivity contribution in [2.24, 2.45) is 5.73 Å². The summed E-state index contributed by atoms with van der Waals surface area (Å²) in [5.74, 6) is -0.543. The molecule has 4 rings (SSSR count). The minimum Gasteiger partial charge on any atom is -0.443 e. The van der Waals surface area contributed by atoms with Gasteiger partial charge in [-0.15, -0.1) is 0 Å². The van der Waals surface area contributed by atoms with E-state index in [1.54, 1.807) is 18.3 Å². The Labute approximate surface area is 205 Å². The molecule has 4 aromatic rings. The minimum atomic E-state index is -0.921. The topological polar surface area (TPSA) is 70.1 Å². The van der Waals surface area contributed by atoms with E-state index in [1.165, 1.54) is 23.3 Å². The molecular weight excluding hydrogens is 441 g/mol. The maximum absolute atomic E-state index is 13.6. The van der Waals surface area contributed by atoms with Gasteiger partial charge < -0.3 is 15.0 Å². The molecule has 1 amide bonds. The Morgan fingerprint density at radius 1 is 1.03 bits per heavy atom. The molecule has 5 nitrogen and oxygen atoms in total. The van der Waals surface area contributed by atoms with Crippen LogP contribution in [0.1, 0.15) is 53.3 Å². The Bertz CT molecular complexity index is 1360. The van der Waals surface area contributed by atoms with Gasteiger partial charge in [-0.2, -0.15) is 0 Å². The molecular formula is C29H32FN3O2. The highest BCUT2D eigenvalue weighted by Crippen LogP contribution is 2.39. The van der Waals surface area contributed by atoms with E-state index in [9.17, 15) is 9.18 Å². The number of benzene rings is 2. The van der Waals surface area contributed by atoms with Crippen molar-refractivity contribution in [3.63, 3.8) is 0 Å². The molecule has 182 valence electrons. The van der Waals surface area contributed by atoms with Crippen molar-refractivity contribution in [2.75, 3.05) is 0 Å². The molecule has 2 aromatic carbocycles. The quantitative estimate of drug-likeness (QED) is 0.340. The van der Waals surface area contributed by atoms with Gasteiger partial charge in [0.25, 0.3) is 0 Å². The van der Waals surface area contributed by atoms with E-state index in [1.807, 2.05) is 19.9 Å². The third kappa shape index (κ3) is 5.06. The first-order chi connectivity index (χ1) is 16.6. The first-order valence-electron chi connectivity index (χ1n) is 11.8. The summed E-state index contributed by atoms with van der Waals surface area (Å²) in [6.07, 6.45) is 1.51. The number of carbonyl (C=O) groups is 1. The van der Waals surface area contributed by atoms with E-state index in [4.69, 9.17) is 15.5 Å². The van der Waals surface area contributed by atoms with Crippen LogP contribution in [0.4, 0.5) is 9.18 Å². The van der Waals surface area contributed by atoms with E-state index < -0.39 is 11.7 Å². The van der Waals surface area contributed by atoms with E-state index in [2.05, 4.69) is 49.6 Å². The summed E-state index contributed by atoms with van der Waals surface area (Å²) < 4.78 is 21.5. The molecule has 2 N–H and O–H groups in total. The number of rotatable bonds is 7. The number of amides is 1. The number of primary amides is 1. The lowest BCUT2D eigenvalue weighted by Gasteiger charge is -2.34. The Balaban J connectivity index is 1.90. The molecule has 0 aliphatic rings. The van der Waals surface area contributed by atoms with Gasteiger partial charge in [0.2, 0.25) is 0 Å². The summed E-state index contributed by atoms with van der Waals surface area (Å²) in [5, 5.41) is 0. The normalized spacial score (nSPS) is 12.6. The van der Waals surface area contributed by atoms with Crippen molar-refractivity contribution < 1.29 is 13.9 Å². The molecule has 0 aliphatic carbocycles. The predicted octanol–water partition coefficient (Wildman–Crippen LogP) is 6.35. The molecule has 0 saturated carbocycles. The molecule has 0 radical (unpaired) electrons. The van der Waals surface area contributed by atoms with Crippen LogP contribution in [0.5, 0.6) is 0 Å². The Hall–Kier alpha value is -3.67. The van der Waals surface area contributed by atoms with Crippen molar-refractivity contribution in [3.8, 4) is 0 Å². The van der Waals surface area contributed by atoms with Crippen molar-refractivity contribution >= 4 is 17.1 Å². The molecule has 0 saturated heterocycles. The van der Waals surface area contributed by atoms with E-state index in [-0.39, 0.29) is 11.7 Å². The average molecular weight is 474 g/mol. The van der Waals surface area contributed by atoms with Gasteiger partial charge in [-0.25, -0.2) is 9.18 Å². The molecule has 2 aromatic heterocycles. The zero-order valence-corrected chi connectivity index (χ0v) is 20.9. The van der Waals surface area contributed by atoms with E-state index in [0.717, 1.165) is 33.4 Å². The van der Waals surface area contributed by atoms with Crippen LogP contribution in [0.15, 0.2) is 60.8 Å². The lowest BCUT2D eigenvalue weighted by molar-refractivity contribution is 0.0239. The molecule has 0 bridgehead atoms. The largest absolute Gasteiger partial charge is 0.443 e. The van der Waals surface area contributed by atoms with Crippen molar-refractivity contribution in [1.29, 1.82) is 0 Å². The maximum atomic E-state index is 13.6. The fraction of sp³-hybridized carbons (Fsp3) is 0.310. The summed E-state index contributed by atoms with van der Waals surface area (Å²) in [7, 11) is 0. The summed E-state index contributed by atoms with van der Waals surface area (Å²) in [4.78, 5) is 16.6. The zero-order chi connectivity index (χ0) is 25.3. The lowest BCUT2D eigenvalue weighted by atomic mass is 9.79. The van der Waals surface area contributed by atoms with Gasteiger partial charge in [0.15, 0.2) is 0 Å². The highest BCUT2D eigenvalue weighted by molar-refractivity contribution is 5.85. The van der Waals surface area contributed by atoms with Gasteiger partial charge >= 0.3 is 6.09 Å². The van der Waals surface area contributed by atoms with Crippen LogP contribution in [0, 0.1) is 26.6 Å². The number of nitrogens with zero attached hydrogens (tertiary/aromatic N) is 2. The number of aryl methyl sites for hydroxylation is 2. The second-order valence-electron chi connectivity index (χ2n) is 9.79. The minimum absolute atomic E-state index is 0.253. The number of hydrogen-bond acceptors (Lipinski definition) is 3. The fourth-order valence-corrected chi connectivity index (χ4v) is 4.84. The number of fused-ring (bicyclic) bond motifs is 1. The fourth-order valence-electron chi connectivity index (χ4n) is 4.84. The van der Waals surface area contributed by atoms with Gasteiger partial charge in [0.05, 0.1) is 11.0 Å². The molecule has 6 heteroatoms. The second-order valence-corrected chi connectivity index (χ2v) is 9.79. The van der Waals surface area contributed by atoms with Gasteiger partial charge in [0, 0.05) is 24.4 Å². The highest BCUT2D eigenvalue weighted by atomic mass is 19.1. The van der Waals surface area contributed by atoms with Crippen molar-refractivity contribution in [2.45, 2.75) is 59.1 Å². The zero-order valence-electron chi connectivity index (χ0n) is 20.9. The molecule has 1 atom stereocenters. The predicted molar refractivity (Wildman–Crippen MR) is 137 cm³/mol. The molecule has 0 fully saturated rings. The summed E-state index contributed by atoms with van der Waals surface area (Å²) in [5.41, 5.74) is 13.1. The Kier molecular flexibility index (Phi) is 6.66. The number of pyridine rings is 1. The third-order valence-corrected chi connectivity index (χ3v) is 6.92. The Morgan fingerprint density at radius 3 is 2.29 bits per heavy atom. The van der Waals surface area contributed by atoms with Gasteiger partial charge in [-0.3, -0.25) is 4.98 Å². The molecule has 0 aliphatic heterocycles. The second kappa shape index (κ2) is 9.53. The Morgan fingerprint density at radius 2 is 1.66 bits per heavy atom. The van der Waals surface area contributed by atoms with Crippen LogP contribution >= 0.6 is 0 Å². The summed E-state index contributed by atoms with van der Waals surface area (Å²) in [6, 6.07) is 16.9. The van der Waals surface area contributed by atoms with Crippen molar-refractivity contribution in [3.05, 3.63) is 100 Å². The molecule has 35 heavy (non-hydrogen) atoms. The monoisotopic (exact) mass is 473 g/mol. The summed E-state index contributed by atoms with van der Waals surface area (Å²) >= 11 is 0. The lowest BCUT2D eigenvalue weighted by Crippen LogP contribution is -2.38. The summed E-state index contributed by atoms with van der Waals surface area (Å²) in [6.45, 7) is 10.7. The first kappa shape index (κ1) is 24.5. The highest BCUT2D eigenvalue weighted by Gasteiger charge is 2.36. The maximum Gasteiger partial charge on any atom is 0.405 e. The van der Waals surface area contributed by atoms with E-state index in [0.29, 0.717) is 13.0 Å². The van der Waals surface area contributed by atoms with Gasteiger partial charge in [-0.05, 0) is 81.5 Å². The smallest absolute Gasteiger partial charge is 0.405 e. The first-order valence-corrected chi connectivity index (χ1v) is 11.8. The average Bonchev–Trinajstić information content (AvgIpc) is 3.04. The van der Waals surface area contributed by atoms with Crippen molar-refractivity contribution in [1.82, 2.24) is 9.55 Å². The van der Waals surface area contributed by atoms with Gasteiger partial charge in [-0.1, -0.05) is 42.0 Å². The number of halogens is 1. The van der Waals surface area contributed by atoms with Gasteiger partial charge in [0.1, 0.15) is 11.4 Å². The number of ether oxygens (including phenoxy) is 1. The SMILES string of the molecule is Cc1ccc(Cn2c(C)c(C)c3nccc(C(Cc4ccc(F)cc4)C(C)(C)OC(N)=O)c32)cc1. The molecule has 1 unspecified atom stereocenters. The van der Waals surface area contributed by atoms with Crippen LogP contribution in [-0.2, 0) is 17.7 Å². The van der Waals surface area contributed by atoms with Crippen LogP contribution in [0.2, 0.25) is 0 Å². The molecule has 2 heterocycles. The van der Waals surface area contributed by atoms with Crippen LogP contribution in [0.25, 0.3) is 11.0 Å². The standard InChI is InChI=1S/C29H32FN3O2/c1-18-6-8-22(9-7-18)17-33-20(3)19(2)26-27(33)24(14-15-32-26)25(29(4,5)35-28(31)34)16-21-10-12-23(30)13-11-21/h6-15,25H,16-17H2,1-5H3,(H2,31,34). The number of carbonyl (C=O) groups excluding carboxylic acids is 1. The van der Waals surface area contributed by atoms with Crippen LogP contribution in [0.3, 0.4) is 0 Å². The number of nitrogens with two attached hydrogens (primary N) is 1. The third-order valence-electron chi connectivity index (χ3n) is 6.92. The van der Waals surface area contributed by atoms with E-state index >= 15 is 0 Å². The van der Waals surface area contributed by atoms with Crippen LogP contribution < -0.4 is 5.73 Å². The van der Waals surface area contributed by atoms with Crippen LogP contribution in [-0.4, -0.2) is 21.2 Å². The number of aromatic nitrogens is 2. The number of hydrogen-bond donors (Lipinski definition) is 1. The molecule has 0 spiro atoms.